The van der Waals surface area contributed by atoms with Crippen molar-refractivity contribution in [3.05, 3.63) is 59.4 Å². The molecule has 1 saturated carbocycles. The molecule has 1 aliphatic carbocycles. The number of carbonyl (C=O) groups is 2. The third-order valence-corrected chi connectivity index (χ3v) is 4.36. The maximum atomic E-state index is 12.5. The molecule has 0 bridgehead atoms. The van der Waals surface area contributed by atoms with Gasteiger partial charge in [0.2, 0.25) is 0 Å². The second-order valence-electron chi connectivity index (χ2n) is 6.00. The lowest BCUT2D eigenvalue weighted by Crippen LogP contribution is -2.59. The first-order chi connectivity index (χ1) is 11.1. The lowest BCUT2D eigenvalue weighted by molar-refractivity contribution is -0.156. The Morgan fingerprint density at radius 1 is 1.22 bits per heavy atom. The Bertz CT molecular complexity index is 702. The van der Waals surface area contributed by atoms with E-state index in [0.717, 1.165) is 17.5 Å². The van der Waals surface area contributed by atoms with Crippen molar-refractivity contribution in [3.63, 3.8) is 0 Å². The number of esters is 1. The van der Waals surface area contributed by atoms with Crippen LogP contribution in [0.1, 0.15) is 40.7 Å². The van der Waals surface area contributed by atoms with Gasteiger partial charge in [-0.15, -0.1) is 0 Å². The fourth-order valence-corrected chi connectivity index (χ4v) is 2.74. The average Bonchev–Trinajstić information content (AvgIpc) is 2.95. The number of hydrogen-bond acceptors (Lipinski definition) is 3. The predicted octanol–water partition coefficient (Wildman–Crippen LogP) is 2.72. The molecule has 1 aromatic carbocycles. The summed E-state index contributed by atoms with van der Waals surface area (Å²) in [5, 5.41) is 2.88. The molecule has 0 radical (unpaired) electrons. The molecule has 1 amide bonds. The quantitative estimate of drug-likeness (QED) is 0.834. The van der Waals surface area contributed by atoms with E-state index in [9.17, 15) is 9.59 Å². The summed E-state index contributed by atoms with van der Waals surface area (Å²) < 4.78 is 5.42. The van der Waals surface area contributed by atoms with Crippen LogP contribution in [0.3, 0.4) is 0 Å². The number of benzene rings is 1. The molecule has 5 nitrogen and oxygen atoms in total. The number of hydrogen-bond donors (Lipinski definition) is 2. The summed E-state index contributed by atoms with van der Waals surface area (Å²) in [4.78, 5) is 27.7. The SMILES string of the molecule is Cc1c[nH]cc1C(=O)NC1(C(=O)OCc2ccccc2)CCC1. The Balaban J connectivity index is 1.65. The van der Waals surface area contributed by atoms with Crippen molar-refractivity contribution < 1.29 is 14.3 Å². The van der Waals surface area contributed by atoms with Gasteiger partial charge in [0.15, 0.2) is 0 Å². The molecular formula is C18H20N2O3. The summed E-state index contributed by atoms with van der Waals surface area (Å²) in [7, 11) is 0. The number of ether oxygens (including phenoxy) is 1. The van der Waals surface area contributed by atoms with Gasteiger partial charge < -0.3 is 15.0 Å². The van der Waals surface area contributed by atoms with E-state index in [0.29, 0.717) is 18.4 Å². The van der Waals surface area contributed by atoms with Gasteiger partial charge in [-0.05, 0) is 37.3 Å². The van der Waals surface area contributed by atoms with Gasteiger partial charge in [0.25, 0.3) is 5.91 Å². The molecule has 3 rings (SSSR count). The Kier molecular flexibility index (Phi) is 4.19. The smallest absolute Gasteiger partial charge is 0.332 e. The third kappa shape index (κ3) is 3.13. The normalized spacial score (nSPS) is 15.5. The Labute approximate surface area is 135 Å². The van der Waals surface area contributed by atoms with E-state index in [1.165, 1.54) is 0 Å². The predicted molar refractivity (Wildman–Crippen MR) is 85.8 cm³/mol. The zero-order valence-corrected chi connectivity index (χ0v) is 13.1. The number of aromatic amines is 1. The fraction of sp³-hybridized carbons (Fsp3) is 0.333. The van der Waals surface area contributed by atoms with Crippen LogP contribution in [0.15, 0.2) is 42.7 Å². The van der Waals surface area contributed by atoms with Gasteiger partial charge in [-0.1, -0.05) is 30.3 Å². The fourth-order valence-electron chi connectivity index (χ4n) is 2.74. The highest BCUT2D eigenvalue weighted by molar-refractivity contribution is 5.99. The van der Waals surface area contributed by atoms with Crippen molar-refractivity contribution in [2.45, 2.75) is 38.3 Å². The van der Waals surface area contributed by atoms with Gasteiger partial charge >= 0.3 is 5.97 Å². The highest BCUT2D eigenvalue weighted by Gasteiger charge is 2.47. The van der Waals surface area contributed by atoms with Crippen molar-refractivity contribution in [2.24, 2.45) is 0 Å². The van der Waals surface area contributed by atoms with Crippen LogP contribution >= 0.6 is 0 Å². The van der Waals surface area contributed by atoms with Crippen LogP contribution in [0.2, 0.25) is 0 Å². The van der Waals surface area contributed by atoms with E-state index in [-0.39, 0.29) is 18.5 Å². The number of nitrogens with one attached hydrogen (secondary N) is 2. The van der Waals surface area contributed by atoms with Gasteiger partial charge in [-0.2, -0.15) is 0 Å². The molecule has 0 saturated heterocycles. The van der Waals surface area contributed by atoms with Crippen molar-refractivity contribution in [3.8, 4) is 0 Å². The lowest BCUT2D eigenvalue weighted by Gasteiger charge is -2.39. The van der Waals surface area contributed by atoms with E-state index >= 15 is 0 Å². The first-order valence-electron chi connectivity index (χ1n) is 7.78. The molecular weight excluding hydrogens is 292 g/mol. The molecule has 0 aliphatic heterocycles. The molecule has 0 unspecified atom stereocenters. The van der Waals surface area contributed by atoms with Crippen molar-refractivity contribution in [1.82, 2.24) is 10.3 Å². The van der Waals surface area contributed by atoms with Gasteiger partial charge in [0.1, 0.15) is 12.1 Å². The molecule has 1 aromatic heterocycles. The summed E-state index contributed by atoms with van der Waals surface area (Å²) in [5.74, 6) is -0.589. The van der Waals surface area contributed by atoms with Crippen LogP contribution in [-0.2, 0) is 16.1 Å². The average molecular weight is 312 g/mol. The Hall–Kier alpha value is -2.56. The molecule has 2 aromatic rings. The summed E-state index contributed by atoms with van der Waals surface area (Å²) in [5.41, 5.74) is 1.47. The van der Waals surface area contributed by atoms with Crippen LogP contribution in [0, 0.1) is 6.92 Å². The summed E-state index contributed by atoms with van der Waals surface area (Å²) >= 11 is 0. The first kappa shape index (κ1) is 15.3. The zero-order valence-electron chi connectivity index (χ0n) is 13.1. The first-order valence-corrected chi connectivity index (χ1v) is 7.78. The Morgan fingerprint density at radius 3 is 2.52 bits per heavy atom. The number of carbonyl (C=O) groups excluding carboxylic acids is 2. The summed E-state index contributed by atoms with van der Waals surface area (Å²) in [6, 6.07) is 9.53. The van der Waals surface area contributed by atoms with Gasteiger partial charge in [0.05, 0.1) is 5.56 Å². The molecule has 5 heteroatoms. The standard InChI is InChI=1S/C18H20N2O3/c1-13-10-19-11-15(13)16(21)20-18(8-5-9-18)17(22)23-12-14-6-3-2-4-7-14/h2-4,6-7,10-11,19H,5,8-9,12H2,1H3,(H,20,21). The number of amides is 1. The monoisotopic (exact) mass is 312 g/mol. The minimum Gasteiger partial charge on any atom is -0.459 e. The van der Waals surface area contributed by atoms with Crippen LogP contribution in [-0.4, -0.2) is 22.4 Å². The van der Waals surface area contributed by atoms with E-state index in [4.69, 9.17) is 4.74 Å². The molecule has 120 valence electrons. The van der Waals surface area contributed by atoms with Gasteiger partial charge in [0, 0.05) is 12.4 Å². The lowest BCUT2D eigenvalue weighted by atomic mass is 9.76. The number of aryl methyl sites for hydroxylation is 1. The second kappa shape index (κ2) is 6.28. The van der Waals surface area contributed by atoms with Crippen molar-refractivity contribution in [1.29, 1.82) is 0 Å². The molecule has 23 heavy (non-hydrogen) atoms. The highest BCUT2D eigenvalue weighted by atomic mass is 16.5. The molecule has 1 heterocycles. The van der Waals surface area contributed by atoms with E-state index in [1.54, 1.807) is 12.4 Å². The maximum absolute atomic E-state index is 12.5. The van der Waals surface area contributed by atoms with E-state index in [1.807, 2.05) is 37.3 Å². The minimum absolute atomic E-state index is 0.223. The van der Waals surface area contributed by atoms with Crippen molar-refractivity contribution in [2.75, 3.05) is 0 Å². The molecule has 2 N–H and O–H groups in total. The second-order valence-corrected chi connectivity index (χ2v) is 6.00. The minimum atomic E-state index is -0.879. The van der Waals surface area contributed by atoms with Gasteiger partial charge in [-0.3, -0.25) is 4.79 Å². The van der Waals surface area contributed by atoms with Gasteiger partial charge in [-0.25, -0.2) is 4.79 Å². The number of H-pyrrole nitrogens is 1. The van der Waals surface area contributed by atoms with Crippen LogP contribution in [0.5, 0.6) is 0 Å². The topological polar surface area (TPSA) is 71.2 Å². The number of rotatable bonds is 5. The summed E-state index contributed by atoms with van der Waals surface area (Å²) in [6.45, 7) is 2.08. The Morgan fingerprint density at radius 2 is 1.96 bits per heavy atom. The molecule has 1 aliphatic rings. The summed E-state index contributed by atoms with van der Waals surface area (Å²) in [6.07, 6.45) is 5.56. The van der Waals surface area contributed by atoms with Crippen LogP contribution in [0.4, 0.5) is 0 Å². The van der Waals surface area contributed by atoms with E-state index < -0.39 is 5.54 Å². The zero-order chi connectivity index (χ0) is 16.3. The molecule has 0 atom stereocenters. The highest BCUT2D eigenvalue weighted by Crippen LogP contribution is 2.34. The number of aromatic nitrogens is 1. The largest absolute Gasteiger partial charge is 0.459 e. The van der Waals surface area contributed by atoms with E-state index in [2.05, 4.69) is 10.3 Å². The molecule has 0 spiro atoms. The van der Waals surface area contributed by atoms with Crippen LogP contribution < -0.4 is 5.32 Å². The van der Waals surface area contributed by atoms with Crippen molar-refractivity contribution >= 4 is 11.9 Å². The van der Waals surface area contributed by atoms with Crippen LogP contribution in [0.25, 0.3) is 0 Å². The maximum Gasteiger partial charge on any atom is 0.332 e. The third-order valence-electron chi connectivity index (χ3n) is 4.36. The molecule has 1 fully saturated rings.